The molecule has 2 aromatic carbocycles. The zero-order valence-corrected chi connectivity index (χ0v) is 11.1. The molecule has 5 heteroatoms. The second-order valence-corrected chi connectivity index (χ2v) is 4.53. The monoisotopic (exact) mass is 290 g/mol. The molecule has 0 aliphatic carbocycles. The average Bonchev–Trinajstić information content (AvgIpc) is 2.47. The maximum absolute atomic E-state index is 13.0. The minimum absolute atomic E-state index is 0.00238. The number of nitrogens with zero attached hydrogens (tertiary/aromatic N) is 1. The Hall–Kier alpha value is -2.48. The summed E-state index contributed by atoms with van der Waals surface area (Å²) in [5.74, 6) is 0. The smallest absolute Gasteiger partial charge is 0.384 e. The second-order valence-electron chi connectivity index (χ2n) is 4.53. The molecule has 0 saturated carbocycles. The summed E-state index contributed by atoms with van der Waals surface area (Å²) in [4.78, 5) is 0. The summed E-state index contributed by atoms with van der Waals surface area (Å²) in [6, 6.07) is 14.8. The van der Waals surface area contributed by atoms with Crippen LogP contribution in [0.2, 0.25) is 0 Å². The third kappa shape index (κ3) is 3.99. The zero-order chi connectivity index (χ0) is 15.3. The van der Waals surface area contributed by atoms with Gasteiger partial charge >= 0.3 is 6.18 Å². The predicted octanol–water partition coefficient (Wildman–Crippen LogP) is 4.23. The van der Waals surface area contributed by atoms with Crippen molar-refractivity contribution in [3.05, 3.63) is 65.2 Å². The van der Waals surface area contributed by atoms with Gasteiger partial charge in [-0.3, -0.25) is 0 Å². The van der Waals surface area contributed by atoms with Crippen LogP contribution >= 0.6 is 0 Å². The van der Waals surface area contributed by atoms with E-state index in [-0.39, 0.29) is 11.3 Å². The molecule has 0 aliphatic rings. The molecule has 1 N–H and O–H groups in total. The third-order valence-corrected chi connectivity index (χ3v) is 3.03. The highest BCUT2D eigenvalue weighted by atomic mass is 19.4. The molecule has 0 spiro atoms. The van der Waals surface area contributed by atoms with Crippen LogP contribution in [-0.2, 0) is 12.6 Å². The molecule has 0 amide bonds. The molecule has 0 bridgehead atoms. The minimum atomic E-state index is -4.48. The fraction of sp³-hybridized carbons (Fsp3) is 0.188. The quantitative estimate of drug-likeness (QED) is 0.914. The van der Waals surface area contributed by atoms with Gasteiger partial charge in [-0.15, -0.1) is 0 Å². The highest BCUT2D eigenvalue weighted by Gasteiger charge is 2.33. The summed E-state index contributed by atoms with van der Waals surface area (Å²) in [5.41, 5.74) is 0.232. The first kappa shape index (κ1) is 14.9. The maximum Gasteiger partial charge on any atom is 0.418 e. The van der Waals surface area contributed by atoms with Crippen LogP contribution in [0.3, 0.4) is 0 Å². The van der Waals surface area contributed by atoms with E-state index in [2.05, 4.69) is 5.32 Å². The zero-order valence-electron chi connectivity index (χ0n) is 11.1. The summed E-state index contributed by atoms with van der Waals surface area (Å²) in [6.07, 6.45) is -3.86. The van der Waals surface area contributed by atoms with Crippen molar-refractivity contribution in [3.8, 4) is 6.07 Å². The number of alkyl halides is 3. The highest BCUT2D eigenvalue weighted by Crippen LogP contribution is 2.35. The van der Waals surface area contributed by atoms with E-state index in [9.17, 15) is 13.2 Å². The van der Waals surface area contributed by atoms with E-state index in [1.54, 1.807) is 6.07 Å². The van der Waals surface area contributed by atoms with Crippen LogP contribution in [-0.4, -0.2) is 6.54 Å². The molecule has 2 aromatic rings. The van der Waals surface area contributed by atoms with Gasteiger partial charge in [0.25, 0.3) is 0 Å². The molecule has 0 heterocycles. The van der Waals surface area contributed by atoms with E-state index in [1.165, 1.54) is 12.1 Å². The van der Waals surface area contributed by atoms with Crippen molar-refractivity contribution in [2.24, 2.45) is 0 Å². The fourth-order valence-corrected chi connectivity index (χ4v) is 1.99. The Kier molecular flexibility index (Phi) is 4.49. The Labute approximate surface area is 120 Å². The van der Waals surface area contributed by atoms with Gasteiger partial charge in [-0.2, -0.15) is 18.4 Å². The number of halogens is 3. The van der Waals surface area contributed by atoms with Crippen LogP contribution in [0.1, 0.15) is 16.7 Å². The first-order valence-corrected chi connectivity index (χ1v) is 6.40. The average molecular weight is 290 g/mol. The standard InChI is InChI=1S/C16H13F3N2/c17-16(18,19)14-10-13(11-20)6-7-15(14)21-9-8-12-4-2-1-3-5-12/h1-7,10,21H,8-9H2. The van der Waals surface area contributed by atoms with Crippen LogP contribution in [0.25, 0.3) is 0 Å². The minimum Gasteiger partial charge on any atom is -0.384 e. The Morgan fingerprint density at radius 2 is 1.76 bits per heavy atom. The lowest BCUT2D eigenvalue weighted by atomic mass is 10.1. The molecule has 108 valence electrons. The first-order chi connectivity index (χ1) is 10.0. The number of hydrogen-bond acceptors (Lipinski definition) is 2. The molecule has 2 nitrogen and oxygen atoms in total. The molecular weight excluding hydrogens is 277 g/mol. The van der Waals surface area contributed by atoms with Crippen molar-refractivity contribution in [2.75, 3.05) is 11.9 Å². The van der Waals surface area contributed by atoms with Crippen molar-refractivity contribution >= 4 is 5.69 Å². The molecule has 21 heavy (non-hydrogen) atoms. The number of benzene rings is 2. The largest absolute Gasteiger partial charge is 0.418 e. The lowest BCUT2D eigenvalue weighted by Crippen LogP contribution is -2.13. The predicted molar refractivity (Wildman–Crippen MR) is 74.8 cm³/mol. The van der Waals surface area contributed by atoms with Gasteiger partial charge in [0.2, 0.25) is 0 Å². The number of rotatable bonds is 4. The molecule has 0 aromatic heterocycles. The molecule has 0 radical (unpaired) electrons. The van der Waals surface area contributed by atoms with Gasteiger partial charge in [0.1, 0.15) is 0 Å². The van der Waals surface area contributed by atoms with Crippen molar-refractivity contribution in [2.45, 2.75) is 12.6 Å². The molecule has 0 aliphatic heterocycles. The van der Waals surface area contributed by atoms with E-state index < -0.39 is 11.7 Å². The van der Waals surface area contributed by atoms with Crippen LogP contribution in [0.15, 0.2) is 48.5 Å². The highest BCUT2D eigenvalue weighted by molar-refractivity contribution is 5.56. The van der Waals surface area contributed by atoms with Gasteiger partial charge in [-0.05, 0) is 30.2 Å². The lowest BCUT2D eigenvalue weighted by Gasteiger charge is -2.15. The summed E-state index contributed by atoms with van der Waals surface area (Å²) in [6.45, 7) is 0.388. The topological polar surface area (TPSA) is 35.8 Å². The van der Waals surface area contributed by atoms with E-state index in [1.807, 2.05) is 30.3 Å². The van der Waals surface area contributed by atoms with E-state index in [0.29, 0.717) is 13.0 Å². The SMILES string of the molecule is N#Cc1ccc(NCCc2ccccc2)c(C(F)(F)F)c1. The molecule has 0 saturated heterocycles. The van der Waals surface area contributed by atoms with Crippen LogP contribution < -0.4 is 5.32 Å². The number of hydrogen-bond donors (Lipinski definition) is 1. The van der Waals surface area contributed by atoms with Gasteiger partial charge in [-0.25, -0.2) is 0 Å². The summed E-state index contributed by atoms with van der Waals surface area (Å²) in [7, 11) is 0. The molecular formula is C16H13F3N2. The first-order valence-electron chi connectivity index (χ1n) is 6.40. The van der Waals surface area contributed by atoms with Gasteiger partial charge in [-0.1, -0.05) is 30.3 Å². The van der Waals surface area contributed by atoms with Gasteiger partial charge in [0.05, 0.1) is 17.2 Å². The van der Waals surface area contributed by atoms with Crippen LogP contribution in [0.4, 0.5) is 18.9 Å². The van der Waals surface area contributed by atoms with Crippen molar-refractivity contribution in [1.29, 1.82) is 5.26 Å². The van der Waals surface area contributed by atoms with Gasteiger partial charge in [0.15, 0.2) is 0 Å². The fourth-order valence-electron chi connectivity index (χ4n) is 1.99. The van der Waals surface area contributed by atoms with Crippen molar-refractivity contribution in [1.82, 2.24) is 0 Å². The van der Waals surface area contributed by atoms with Crippen molar-refractivity contribution < 1.29 is 13.2 Å². The number of anilines is 1. The van der Waals surface area contributed by atoms with Gasteiger partial charge < -0.3 is 5.32 Å². The Balaban J connectivity index is 2.11. The summed E-state index contributed by atoms with van der Waals surface area (Å²) in [5, 5.41) is 11.5. The lowest BCUT2D eigenvalue weighted by molar-refractivity contribution is -0.137. The van der Waals surface area contributed by atoms with Gasteiger partial charge in [0, 0.05) is 12.2 Å². The van der Waals surface area contributed by atoms with Crippen LogP contribution in [0.5, 0.6) is 0 Å². The van der Waals surface area contributed by atoms with Crippen molar-refractivity contribution in [3.63, 3.8) is 0 Å². The second kappa shape index (κ2) is 6.31. The molecule has 2 rings (SSSR count). The maximum atomic E-state index is 13.0. The molecule has 0 unspecified atom stereocenters. The van der Waals surface area contributed by atoms with E-state index in [4.69, 9.17) is 5.26 Å². The number of nitriles is 1. The molecule has 0 fully saturated rings. The van der Waals surface area contributed by atoms with E-state index >= 15 is 0 Å². The molecule has 0 atom stereocenters. The summed E-state index contributed by atoms with van der Waals surface area (Å²) < 4.78 is 38.9. The normalized spacial score (nSPS) is 11.0. The Bertz CT molecular complexity index is 643. The van der Waals surface area contributed by atoms with Crippen LogP contribution in [0, 0.1) is 11.3 Å². The Morgan fingerprint density at radius 3 is 2.38 bits per heavy atom. The van der Waals surface area contributed by atoms with E-state index in [0.717, 1.165) is 11.6 Å². The Morgan fingerprint density at radius 1 is 1.05 bits per heavy atom. The summed E-state index contributed by atoms with van der Waals surface area (Å²) >= 11 is 0. The number of nitrogens with one attached hydrogen (secondary N) is 1. The third-order valence-electron chi connectivity index (χ3n) is 3.03.